The number of nitrogens with one attached hydrogen (secondary N) is 2. The fourth-order valence-electron chi connectivity index (χ4n) is 0.814. The van der Waals surface area contributed by atoms with Gasteiger partial charge in [-0.25, -0.2) is 0 Å². The Morgan fingerprint density at radius 2 is 2.23 bits per heavy atom. The third-order valence-electron chi connectivity index (χ3n) is 1.38. The van der Waals surface area contributed by atoms with Crippen LogP contribution in [0.15, 0.2) is 6.20 Å². The number of rotatable bonds is 1. The number of alkyl halides is 3. The topological polar surface area (TPSA) is 57.8 Å². The van der Waals surface area contributed by atoms with Crippen LogP contribution in [0.3, 0.4) is 0 Å². The van der Waals surface area contributed by atoms with Gasteiger partial charge in [-0.2, -0.15) is 18.3 Å². The van der Waals surface area contributed by atoms with Gasteiger partial charge in [-0.15, -0.1) is 0 Å². The second-order valence-electron chi connectivity index (χ2n) is 2.22. The lowest BCUT2D eigenvalue weighted by Gasteiger charge is -2.04. The number of amides is 1. The van der Waals surface area contributed by atoms with Gasteiger partial charge in [-0.05, 0) is 0 Å². The van der Waals surface area contributed by atoms with Gasteiger partial charge in [0.15, 0.2) is 5.69 Å². The Morgan fingerprint density at radius 3 is 2.69 bits per heavy atom. The smallest absolute Gasteiger partial charge is 0.355 e. The molecular weight excluding hydrogens is 187 g/mol. The molecule has 0 radical (unpaired) electrons. The normalized spacial score (nSPS) is 11.4. The molecule has 4 nitrogen and oxygen atoms in total. The molecule has 1 aromatic rings. The van der Waals surface area contributed by atoms with E-state index < -0.39 is 23.3 Å². The lowest BCUT2D eigenvalue weighted by Crippen LogP contribution is -2.21. The van der Waals surface area contributed by atoms with Crippen LogP contribution < -0.4 is 5.32 Å². The highest BCUT2D eigenvalue weighted by atomic mass is 19.4. The molecule has 0 aromatic carbocycles. The molecule has 72 valence electrons. The van der Waals surface area contributed by atoms with E-state index in [9.17, 15) is 18.0 Å². The predicted octanol–water partition coefficient (Wildman–Crippen LogP) is 0.788. The zero-order valence-corrected chi connectivity index (χ0v) is 6.57. The molecule has 0 aliphatic rings. The highest BCUT2D eigenvalue weighted by molar-refractivity contribution is 5.94. The monoisotopic (exact) mass is 193 g/mol. The van der Waals surface area contributed by atoms with Crippen molar-refractivity contribution in [3.63, 3.8) is 0 Å². The summed E-state index contributed by atoms with van der Waals surface area (Å²) in [5.41, 5.74) is -1.71. The Kier molecular flexibility index (Phi) is 2.26. The Bertz CT molecular complexity index is 317. The summed E-state index contributed by atoms with van der Waals surface area (Å²) in [6, 6.07) is 0. The molecule has 0 aliphatic carbocycles. The summed E-state index contributed by atoms with van der Waals surface area (Å²) in [5.74, 6) is -0.818. The summed E-state index contributed by atoms with van der Waals surface area (Å²) >= 11 is 0. The minimum Gasteiger partial charge on any atom is -0.355 e. The molecule has 0 unspecified atom stereocenters. The molecule has 2 N–H and O–H groups in total. The lowest BCUT2D eigenvalue weighted by molar-refractivity contribution is -0.141. The fourth-order valence-corrected chi connectivity index (χ4v) is 0.814. The van der Waals surface area contributed by atoms with E-state index in [1.54, 1.807) is 0 Å². The first-order valence-corrected chi connectivity index (χ1v) is 3.30. The number of carbonyl (C=O) groups excluding carboxylic acids is 1. The third kappa shape index (κ3) is 1.79. The average Bonchev–Trinajstić information content (AvgIpc) is 2.49. The van der Waals surface area contributed by atoms with Crippen LogP contribution >= 0.6 is 0 Å². The van der Waals surface area contributed by atoms with Gasteiger partial charge < -0.3 is 5.32 Å². The Balaban J connectivity index is 3.10. The first-order valence-electron chi connectivity index (χ1n) is 3.30. The molecule has 0 aliphatic heterocycles. The van der Waals surface area contributed by atoms with Crippen molar-refractivity contribution < 1.29 is 18.0 Å². The Labute approximate surface area is 71.1 Å². The van der Waals surface area contributed by atoms with Crippen molar-refractivity contribution in [2.75, 3.05) is 7.05 Å². The van der Waals surface area contributed by atoms with Gasteiger partial charge in [0.25, 0.3) is 5.91 Å². The molecule has 1 aromatic heterocycles. The Hall–Kier alpha value is -1.53. The molecule has 0 saturated heterocycles. The highest BCUT2D eigenvalue weighted by Gasteiger charge is 2.38. The first kappa shape index (κ1) is 9.56. The first-order chi connectivity index (χ1) is 5.96. The van der Waals surface area contributed by atoms with Crippen molar-refractivity contribution in [3.8, 4) is 0 Å². The van der Waals surface area contributed by atoms with E-state index >= 15 is 0 Å². The van der Waals surface area contributed by atoms with Gasteiger partial charge in [-0.3, -0.25) is 9.89 Å². The number of halogens is 3. The molecule has 0 bridgehead atoms. The van der Waals surface area contributed by atoms with E-state index in [-0.39, 0.29) is 0 Å². The minimum absolute atomic E-state index is 0.505. The van der Waals surface area contributed by atoms with Crippen LogP contribution in [0, 0.1) is 0 Å². The summed E-state index contributed by atoms with van der Waals surface area (Å²) in [4.78, 5) is 10.9. The van der Waals surface area contributed by atoms with Crippen molar-refractivity contribution in [1.82, 2.24) is 15.5 Å². The van der Waals surface area contributed by atoms with E-state index in [0.29, 0.717) is 0 Å². The molecule has 1 rings (SSSR count). The third-order valence-corrected chi connectivity index (χ3v) is 1.38. The molecule has 7 heteroatoms. The van der Waals surface area contributed by atoms with Gasteiger partial charge in [-0.1, -0.05) is 0 Å². The van der Waals surface area contributed by atoms with Crippen LogP contribution in [-0.4, -0.2) is 23.2 Å². The van der Waals surface area contributed by atoms with Gasteiger partial charge >= 0.3 is 6.18 Å². The maximum absolute atomic E-state index is 12.1. The number of H-pyrrole nitrogens is 1. The standard InChI is InChI=1S/C6H6F3N3O/c1-10-5(13)3-2-11-12-4(3)6(7,8)9/h2H,1H3,(H,10,13)(H,11,12). The molecule has 0 fully saturated rings. The number of aromatic nitrogens is 2. The molecule has 13 heavy (non-hydrogen) atoms. The van der Waals surface area contributed by atoms with E-state index in [2.05, 4.69) is 10.4 Å². The van der Waals surface area contributed by atoms with Crippen molar-refractivity contribution in [3.05, 3.63) is 17.5 Å². The van der Waals surface area contributed by atoms with Crippen molar-refractivity contribution in [2.45, 2.75) is 6.18 Å². The SMILES string of the molecule is CNC(=O)c1c[nH]nc1C(F)(F)F. The molecular formula is C6H6F3N3O. The van der Waals surface area contributed by atoms with Crippen molar-refractivity contribution >= 4 is 5.91 Å². The zero-order valence-electron chi connectivity index (χ0n) is 6.57. The van der Waals surface area contributed by atoms with Gasteiger partial charge in [0.1, 0.15) is 0 Å². The number of hydrogen-bond donors (Lipinski definition) is 2. The zero-order chi connectivity index (χ0) is 10.1. The van der Waals surface area contributed by atoms with E-state index in [4.69, 9.17) is 0 Å². The summed E-state index contributed by atoms with van der Waals surface area (Å²) in [7, 11) is 1.25. The average molecular weight is 193 g/mol. The molecule has 1 heterocycles. The van der Waals surface area contributed by atoms with Crippen LogP contribution in [0.4, 0.5) is 13.2 Å². The van der Waals surface area contributed by atoms with Crippen LogP contribution in [0.1, 0.15) is 16.1 Å². The minimum atomic E-state index is -4.61. The number of hydrogen-bond acceptors (Lipinski definition) is 2. The largest absolute Gasteiger partial charge is 0.435 e. The fraction of sp³-hybridized carbons (Fsp3) is 0.333. The molecule has 1 amide bonds. The molecule has 0 atom stereocenters. The van der Waals surface area contributed by atoms with Gasteiger partial charge in [0.05, 0.1) is 5.56 Å². The molecule has 0 saturated carbocycles. The quantitative estimate of drug-likeness (QED) is 0.692. The van der Waals surface area contributed by atoms with E-state index in [1.807, 2.05) is 5.10 Å². The van der Waals surface area contributed by atoms with E-state index in [1.165, 1.54) is 7.05 Å². The highest BCUT2D eigenvalue weighted by Crippen LogP contribution is 2.29. The van der Waals surface area contributed by atoms with Gasteiger partial charge in [0.2, 0.25) is 0 Å². The van der Waals surface area contributed by atoms with Crippen LogP contribution in [0.2, 0.25) is 0 Å². The maximum atomic E-state index is 12.1. The van der Waals surface area contributed by atoms with Gasteiger partial charge in [0, 0.05) is 13.2 Å². The number of aromatic amines is 1. The van der Waals surface area contributed by atoms with Crippen LogP contribution in [-0.2, 0) is 6.18 Å². The second-order valence-corrected chi connectivity index (χ2v) is 2.22. The van der Waals surface area contributed by atoms with Crippen LogP contribution in [0.5, 0.6) is 0 Å². The van der Waals surface area contributed by atoms with E-state index in [0.717, 1.165) is 6.20 Å². The summed E-state index contributed by atoms with van der Waals surface area (Å²) in [6.45, 7) is 0. The number of carbonyl (C=O) groups is 1. The maximum Gasteiger partial charge on any atom is 0.435 e. The predicted molar refractivity (Wildman–Crippen MR) is 37.0 cm³/mol. The Morgan fingerprint density at radius 1 is 1.62 bits per heavy atom. The molecule has 0 spiro atoms. The number of nitrogens with zero attached hydrogens (tertiary/aromatic N) is 1. The lowest BCUT2D eigenvalue weighted by atomic mass is 10.2. The summed E-state index contributed by atoms with van der Waals surface area (Å²) in [5, 5.41) is 7.02. The summed E-state index contributed by atoms with van der Waals surface area (Å²) in [6.07, 6.45) is -3.70. The second kappa shape index (κ2) is 3.08. The van der Waals surface area contributed by atoms with Crippen molar-refractivity contribution in [2.24, 2.45) is 0 Å². The van der Waals surface area contributed by atoms with Crippen molar-refractivity contribution in [1.29, 1.82) is 0 Å². The van der Waals surface area contributed by atoms with Crippen LogP contribution in [0.25, 0.3) is 0 Å². The summed E-state index contributed by atoms with van der Waals surface area (Å²) < 4.78 is 36.3.